The Kier molecular flexibility index (Phi) is 4.06. The summed E-state index contributed by atoms with van der Waals surface area (Å²) in [5.74, 6) is 0. The van der Waals surface area contributed by atoms with Crippen LogP contribution in [0.5, 0.6) is 0 Å². The zero-order valence-corrected chi connectivity index (χ0v) is 11.1. The second kappa shape index (κ2) is 5.40. The number of aliphatic hydroxyl groups is 1. The minimum atomic E-state index is -3.53. The maximum atomic E-state index is 12.1. The predicted octanol–water partition coefficient (Wildman–Crippen LogP) is 0.0675. The molecule has 0 aliphatic carbocycles. The van der Waals surface area contributed by atoms with Crippen LogP contribution < -0.4 is 4.72 Å². The molecule has 2 N–H and O–H groups in total. The zero-order chi connectivity index (χ0) is 13.2. The number of aliphatic hydroxyl groups excluding tert-OH is 1. The van der Waals surface area contributed by atoms with E-state index in [-0.39, 0.29) is 17.5 Å². The van der Waals surface area contributed by atoms with Crippen LogP contribution in [0.4, 0.5) is 0 Å². The summed E-state index contributed by atoms with van der Waals surface area (Å²) in [6.07, 6.45) is 2.24. The van der Waals surface area contributed by atoms with Gasteiger partial charge in [-0.3, -0.25) is 0 Å². The molecule has 0 amide bonds. The van der Waals surface area contributed by atoms with E-state index < -0.39 is 10.0 Å². The Bertz CT molecular complexity index is 482. The summed E-state index contributed by atoms with van der Waals surface area (Å²) in [5.41, 5.74) is 0.598. The third-order valence-corrected chi connectivity index (χ3v) is 4.51. The van der Waals surface area contributed by atoms with Gasteiger partial charge in [-0.2, -0.15) is 0 Å². The second-order valence-corrected chi connectivity index (χ2v) is 6.01. The van der Waals surface area contributed by atoms with Gasteiger partial charge in [0.05, 0.1) is 18.1 Å². The maximum Gasteiger partial charge on any atom is 0.242 e. The number of nitrogens with one attached hydrogen (secondary N) is 1. The van der Waals surface area contributed by atoms with E-state index >= 15 is 0 Å². The van der Waals surface area contributed by atoms with Crippen molar-refractivity contribution in [3.8, 4) is 0 Å². The quantitative estimate of drug-likeness (QED) is 0.796. The maximum absolute atomic E-state index is 12.1. The first-order chi connectivity index (χ1) is 8.56. The second-order valence-electron chi connectivity index (χ2n) is 4.29. The van der Waals surface area contributed by atoms with E-state index in [1.807, 2.05) is 6.92 Å². The minimum absolute atomic E-state index is 0.155. The molecular formula is C11H18N2O4S. The van der Waals surface area contributed by atoms with Crippen LogP contribution in [0.3, 0.4) is 0 Å². The highest BCUT2D eigenvalue weighted by molar-refractivity contribution is 7.89. The molecule has 0 radical (unpaired) electrons. The Morgan fingerprint density at radius 2 is 2.39 bits per heavy atom. The Morgan fingerprint density at radius 3 is 2.89 bits per heavy atom. The summed E-state index contributed by atoms with van der Waals surface area (Å²) in [6, 6.07) is 1.35. The molecule has 102 valence electrons. The van der Waals surface area contributed by atoms with Gasteiger partial charge in [0.2, 0.25) is 10.0 Å². The fourth-order valence-electron chi connectivity index (χ4n) is 2.01. The van der Waals surface area contributed by atoms with Gasteiger partial charge in [0.15, 0.2) is 0 Å². The molecule has 1 aliphatic heterocycles. The standard InChI is InChI=1S/C11H18N2O4S/c1-2-13-6-11(5-10(13)7-14)18(15,16)12-9-3-4-17-8-9/h5-6,9,12,14H,2-4,7-8H2,1H3. The number of sulfonamides is 1. The van der Waals surface area contributed by atoms with E-state index in [4.69, 9.17) is 9.84 Å². The lowest BCUT2D eigenvalue weighted by Gasteiger charge is -2.09. The van der Waals surface area contributed by atoms with Crippen LogP contribution in [0.25, 0.3) is 0 Å². The van der Waals surface area contributed by atoms with Gasteiger partial charge in [0.1, 0.15) is 0 Å². The number of rotatable bonds is 5. The molecule has 1 fully saturated rings. The average Bonchev–Trinajstić information content (AvgIpc) is 2.96. The van der Waals surface area contributed by atoms with E-state index in [2.05, 4.69) is 4.72 Å². The molecule has 1 aliphatic rings. The Morgan fingerprint density at radius 1 is 1.61 bits per heavy atom. The Hall–Kier alpha value is -0.890. The molecule has 7 heteroatoms. The molecule has 2 rings (SSSR count). The third-order valence-electron chi connectivity index (χ3n) is 3.03. The van der Waals surface area contributed by atoms with E-state index in [9.17, 15) is 8.42 Å². The van der Waals surface area contributed by atoms with Crippen LogP contribution in [-0.4, -0.2) is 37.3 Å². The van der Waals surface area contributed by atoms with Crippen LogP contribution in [0.15, 0.2) is 17.2 Å². The Balaban J connectivity index is 2.20. The number of aryl methyl sites for hydroxylation is 1. The number of nitrogens with zero attached hydrogens (tertiary/aromatic N) is 1. The fourth-order valence-corrected chi connectivity index (χ4v) is 3.33. The minimum Gasteiger partial charge on any atom is -0.390 e. The fraction of sp³-hybridized carbons (Fsp3) is 0.636. The molecule has 0 bridgehead atoms. The molecule has 1 unspecified atom stereocenters. The van der Waals surface area contributed by atoms with Gasteiger partial charge in [-0.25, -0.2) is 13.1 Å². The third kappa shape index (κ3) is 2.74. The average molecular weight is 274 g/mol. The summed E-state index contributed by atoms with van der Waals surface area (Å²) < 4.78 is 33.7. The van der Waals surface area contributed by atoms with Crippen molar-refractivity contribution >= 4 is 10.0 Å². The summed E-state index contributed by atoms with van der Waals surface area (Å²) in [5, 5.41) is 9.16. The van der Waals surface area contributed by atoms with Gasteiger partial charge in [0.25, 0.3) is 0 Å². The number of ether oxygens (including phenoxy) is 1. The van der Waals surface area contributed by atoms with E-state index in [1.54, 1.807) is 10.8 Å². The van der Waals surface area contributed by atoms with Crippen molar-refractivity contribution < 1.29 is 18.3 Å². The molecule has 18 heavy (non-hydrogen) atoms. The number of hydrogen-bond donors (Lipinski definition) is 2. The van der Waals surface area contributed by atoms with Crippen molar-refractivity contribution in [3.63, 3.8) is 0 Å². The summed E-state index contributed by atoms with van der Waals surface area (Å²) in [4.78, 5) is 0.195. The molecule has 1 aromatic heterocycles. The monoisotopic (exact) mass is 274 g/mol. The molecule has 2 heterocycles. The van der Waals surface area contributed by atoms with Gasteiger partial charge in [0, 0.05) is 31.1 Å². The van der Waals surface area contributed by atoms with Crippen LogP contribution >= 0.6 is 0 Å². The van der Waals surface area contributed by atoms with Gasteiger partial charge >= 0.3 is 0 Å². The molecular weight excluding hydrogens is 256 g/mol. The summed E-state index contributed by atoms with van der Waals surface area (Å²) in [7, 11) is -3.53. The molecule has 6 nitrogen and oxygen atoms in total. The van der Waals surface area contributed by atoms with Gasteiger partial charge < -0.3 is 14.4 Å². The highest BCUT2D eigenvalue weighted by atomic mass is 32.2. The lowest BCUT2D eigenvalue weighted by Crippen LogP contribution is -2.34. The summed E-state index contributed by atoms with van der Waals surface area (Å²) in [6.45, 7) is 3.35. The van der Waals surface area contributed by atoms with Gasteiger partial charge in [-0.1, -0.05) is 0 Å². The molecule has 0 aromatic carbocycles. The number of hydrogen-bond acceptors (Lipinski definition) is 4. The SMILES string of the molecule is CCn1cc(S(=O)(=O)NC2CCOC2)cc1CO. The van der Waals surface area contributed by atoms with Crippen molar-refractivity contribution in [2.24, 2.45) is 0 Å². The topological polar surface area (TPSA) is 80.6 Å². The summed E-state index contributed by atoms with van der Waals surface area (Å²) >= 11 is 0. The van der Waals surface area contributed by atoms with Crippen molar-refractivity contribution in [1.82, 2.24) is 9.29 Å². The van der Waals surface area contributed by atoms with Crippen LogP contribution in [0.2, 0.25) is 0 Å². The first-order valence-electron chi connectivity index (χ1n) is 5.97. The van der Waals surface area contributed by atoms with Crippen molar-refractivity contribution in [3.05, 3.63) is 18.0 Å². The molecule has 0 saturated carbocycles. The lowest BCUT2D eigenvalue weighted by molar-refractivity contribution is 0.192. The van der Waals surface area contributed by atoms with E-state index in [1.165, 1.54) is 6.07 Å². The Labute approximate surface area is 107 Å². The first-order valence-corrected chi connectivity index (χ1v) is 7.45. The normalized spacial score (nSPS) is 20.4. The number of aromatic nitrogens is 1. The smallest absolute Gasteiger partial charge is 0.242 e. The van der Waals surface area contributed by atoms with Gasteiger partial charge in [-0.05, 0) is 19.4 Å². The van der Waals surface area contributed by atoms with Crippen LogP contribution in [0.1, 0.15) is 19.0 Å². The highest BCUT2D eigenvalue weighted by Gasteiger charge is 2.24. The zero-order valence-electron chi connectivity index (χ0n) is 10.3. The molecule has 1 aromatic rings. The largest absolute Gasteiger partial charge is 0.390 e. The predicted molar refractivity (Wildman–Crippen MR) is 65.6 cm³/mol. The van der Waals surface area contributed by atoms with Crippen molar-refractivity contribution in [2.45, 2.75) is 37.4 Å². The van der Waals surface area contributed by atoms with Crippen LogP contribution in [-0.2, 0) is 27.9 Å². The molecule has 0 spiro atoms. The van der Waals surface area contributed by atoms with E-state index in [0.29, 0.717) is 31.9 Å². The molecule has 1 atom stereocenters. The first kappa shape index (κ1) is 13.5. The van der Waals surface area contributed by atoms with Gasteiger partial charge in [-0.15, -0.1) is 0 Å². The van der Waals surface area contributed by atoms with Crippen molar-refractivity contribution in [1.29, 1.82) is 0 Å². The van der Waals surface area contributed by atoms with E-state index in [0.717, 1.165) is 0 Å². The highest BCUT2D eigenvalue weighted by Crippen LogP contribution is 2.16. The molecule has 1 saturated heterocycles. The van der Waals surface area contributed by atoms with Crippen LogP contribution in [0, 0.1) is 0 Å². The lowest BCUT2D eigenvalue weighted by atomic mass is 10.3. The van der Waals surface area contributed by atoms with Crippen molar-refractivity contribution in [2.75, 3.05) is 13.2 Å².